The predicted octanol–water partition coefficient (Wildman–Crippen LogP) is 4.48. The highest BCUT2D eigenvalue weighted by molar-refractivity contribution is 6.30. The van der Waals surface area contributed by atoms with E-state index in [0.717, 1.165) is 22.5 Å². The standard InChI is InChI=1S/C15H27ClN/c1-7-8-9-13-14(11(2)3)10-17(5,6)12(4)15(13)16/h12H,7-10H2,1-6H3/q+1. The van der Waals surface area contributed by atoms with Crippen molar-refractivity contribution in [2.24, 2.45) is 0 Å². The highest BCUT2D eigenvalue weighted by Gasteiger charge is 2.36. The van der Waals surface area contributed by atoms with Crippen LogP contribution < -0.4 is 0 Å². The summed E-state index contributed by atoms with van der Waals surface area (Å²) in [6, 6.07) is 0.423. The van der Waals surface area contributed by atoms with Gasteiger partial charge in [-0.2, -0.15) is 0 Å². The Morgan fingerprint density at radius 3 is 2.41 bits per heavy atom. The minimum Gasteiger partial charge on any atom is -0.318 e. The molecule has 0 bridgehead atoms. The van der Waals surface area contributed by atoms with Gasteiger partial charge in [0.15, 0.2) is 0 Å². The molecule has 1 aliphatic heterocycles. The molecule has 1 heterocycles. The minimum atomic E-state index is 0.423. The maximum absolute atomic E-state index is 6.62. The van der Waals surface area contributed by atoms with Crippen molar-refractivity contribution in [1.29, 1.82) is 0 Å². The molecule has 0 saturated carbocycles. The first kappa shape index (κ1) is 14.8. The van der Waals surface area contributed by atoms with Crippen molar-refractivity contribution in [2.75, 3.05) is 20.6 Å². The zero-order valence-corrected chi connectivity index (χ0v) is 13.0. The Morgan fingerprint density at radius 2 is 1.94 bits per heavy atom. The number of quaternary nitrogens is 1. The second-order valence-corrected chi connectivity index (χ2v) is 6.43. The summed E-state index contributed by atoms with van der Waals surface area (Å²) in [5.74, 6) is 0. The van der Waals surface area contributed by atoms with Crippen LogP contribution >= 0.6 is 11.6 Å². The molecule has 0 aliphatic carbocycles. The average molecular weight is 257 g/mol. The fourth-order valence-electron chi connectivity index (χ4n) is 2.43. The van der Waals surface area contributed by atoms with Gasteiger partial charge >= 0.3 is 0 Å². The molecule has 0 saturated heterocycles. The van der Waals surface area contributed by atoms with Crippen LogP contribution in [0.4, 0.5) is 0 Å². The number of unbranched alkanes of at least 4 members (excludes halogenated alkanes) is 1. The molecule has 17 heavy (non-hydrogen) atoms. The normalized spacial score (nSPS) is 24.2. The van der Waals surface area contributed by atoms with E-state index in [1.807, 2.05) is 0 Å². The predicted molar refractivity (Wildman–Crippen MR) is 77.2 cm³/mol. The molecule has 0 aromatic heterocycles. The third kappa shape index (κ3) is 3.14. The van der Waals surface area contributed by atoms with E-state index in [0.29, 0.717) is 6.04 Å². The van der Waals surface area contributed by atoms with E-state index in [1.165, 1.54) is 29.6 Å². The van der Waals surface area contributed by atoms with Crippen molar-refractivity contribution in [3.63, 3.8) is 0 Å². The Bertz CT molecular complexity index is 346. The van der Waals surface area contributed by atoms with E-state index >= 15 is 0 Å². The molecule has 0 aromatic carbocycles. The summed E-state index contributed by atoms with van der Waals surface area (Å²) in [7, 11) is 4.54. The molecular formula is C15H27ClN+. The molecule has 98 valence electrons. The Hall–Kier alpha value is -0.270. The Kier molecular flexibility index (Phi) is 4.86. The summed E-state index contributed by atoms with van der Waals surface area (Å²) in [5, 5.41) is 1.09. The van der Waals surface area contributed by atoms with E-state index in [2.05, 4.69) is 41.8 Å². The topological polar surface area (TPSA) is 0 Å². The molecule has 0 amide bonds. The first-order valence-corrected chi connectivity index (χ1v) is 7.07. The maximum Gasteiger partial charge on any atom is 0.123 e. The number of allylic oxidation sites excluding steroid dienone is 1. The second kappa shape index (κ2) is 5.58. The quantitative estimate of drug-likeness (QED) is 0.653. The largest absolute Gasteiger partial charge is 0.318 e. The Balaban J connectivity index is 3.18. The molecule has 1 aliphatic rings. The third-order valence-corrected chi connectivity index (χ3v) is 4.56. The fraction of sp³-hybridized carbons (Fsp3) is 0.733. The van der Waals surface area contributed by atoms with Gasteiger partial charge in [0.05, 0.1) is 19.1 Å². The van der Waals surface area contributed by atoms with Gasteiger partial charge in [-0.1, -0.05) is 30.5 Å². The van der Waals surface area contributed by atoms with Crippen molar-refractivity contribution in [1.82, 2.24) is 0 Å². The van der Waals surface area contributed by atoms with Crippen LogP contribution in [0.2, 0.25) is 0 Å². The van der Waals surface area contributed by atoms with Crippen molar-refractivity contribution < 1.29 is 4.48 Å². The number of hydrogen-bond acceptors (Lipinski definition) is 0. The zero-order chi connectivity index (χ0) is 13.2. The number of halogens is 1. The van der Waals surface area contributed by atoms with Gasteiger partial charge in [0.1, 0.15) is 12.6 Å². The summed E-state index contributed by atoms with van der Waals surface area (Å²) >= 11 is 6.62. The van der Waals surface area contributed by atoms with Gasteiger partial charge in [-0.3, -0.25) is 0 Å². The molecule has 0 aromatic rings. The molecule has 0 fully saturated rings. The van der Waals surface area contributed by atoms with Gasteiger partial charge in [-0.05, 0) is 39.2 Å². The van der Waals surface area contributed by atoms with Gasteiger partial charge in [0, 0.05) is 5.57 Å². The average Bonchev–Trinajstić information content (AvgIpc) is 2.24. The van der Waals surface area contributed by atoms with Gasteiger partial charge in [0.25, 0.3) is 0 Å². The van der Waals surface area contributed by atoms with E-state index < -0.39 is 0 Å². The summed E-state index contributed by atoms with van der Waals surface area (Å²) in [5.41, 5.74) is 4.34. The lowest BCUT2D eigenvalue weighted by molar-refractivity contribution is -0.903. The highest BCUT2D eigenvalue weighted by atomic mass is 35.5. The lowest BCUT2D eigenvalue weighted by Gasteiger charge is -2.42. The van der Waals surface area contributed by atoms with Crippen molar-refractivity contribution in [3.8, 4) is 0 Å². The molecule has 1 atom stereocenters. The lowest BCUT2D eigenvalue weighted by atomic mass is 9.89. The molecule has 1 unspecified atom stereocenters. The van der Waals surface area contributed by atoms with Crippen LogP contribution in [0.1, 0.15) is 47.0 Å². The van der Waals surface area contributed by atoms with Crippen LogP contribution in [-0.2, 0) is 0 Å². The molecule has 1 nitrogen and oxygen atoms in total. The lowest BCUT2D eigenvalue weighted by Crippen LogP contribution is -2.51. The van der Waals surface area contributed by atoms with E-state index in [4.69, 9.17) is 11.6 Å². The summed E-state index contributed by atoms with van der Waals surface area (Å²) in [4.78, 5) is 0. The number of likely N-dealkylation sites (N-methyl/N-ethyl adjacent to an activating group) is 1. The molecule has 0 N–H and O–H groups in total. The second-order valence-electron chi connectivity index (χ2n) is 6.02. The van der Waals surface area contributed by atoms with Gasteiger partial charge < -0.3 is 4.48 Å². The van der Waals surface area contributed by atoms with Crippen LogP contribution in [0, 0.1) is 0 Å². The summed E-state index contributed by atoms with van der Waals surface area (Å²) < 4.78 is 0.967. The smallest absolute Gasteiger partial charge is 0.123 e. The zero-order valence-electron chi connectivity index (χ0n) is 12.2. The summed E-state index contributed by atoms with van der Waals surface area (Å²) in [6.07, 6.45) is 3.61. The SMILES string of the molecule is CCCCC1=C(Cl)C(C)[N+](C)(C)CC1=C(C)C. The van der Waals surface area contributed by atoms with Gasteiger partial charge in [-0.25, -0.2) is 0 Å². The number of nitrogens with zero attached hydrogens (tertiary/aromatic N) is 1. The van der Waals surface area contributed by atoms with Crippen molar-refractivity contribution >= 4 is 11.6 Å². The van der Waals surface area contributed by atoms with Gasteiger partial charge in [-0.15, -0.1) is 0 Å². The first-order chi connectivity index (χ1) is 7.81. The van der Waals surface area contributed by atoms with Gasteiger partial charge in [0.2, 0.25) is 0 Å². The van der Waals surface area contributed by atoms with Crippen molar-refractivity contribution in [2.45, 2.75) is 53.0 Å². The van der Waals surface area contributed by atoms with E-state index in [-0.39, 0.29) is 0 Å². The molecule has 0 radical (unpaired) electrons. The van der Waals surface area contributed by atoms with Crippen molar-refractivity contribution in [3.05, 3.63) is 21.8 Å². The Morgan fingerprint density at radius 1 is 1.35 bits per heavy atom. The van der Waals surface area contributed by atoms with Crippen LogP contribution in [0.15, 0.2) is 21.8 Å². The number of hydrogen-bond donors (Lipinski definition) is 0. The summed E-state index contributed by atoms with van der Waals surface area (Å²) in [6.45, 7) is 10.0. The number of rotatable bonds is 3. The molecule has 2 heteroatoms. The highest BCUT2D eigenvalue weighted by Crippen LogP contribution is 2.37. The van der Waals surface area contributed by atoms with Crippen LogP contribution in [0.5, 0.6) is 0 Å². The van der Waals surface area contributed by atoms with E-state index in [1.54, 1.807) is 0 Å². The van der Waals surface area contributed by atoms with E-state index in [9.17, 15) is 0 Å². The van der Waals surface area contributed by atoms with Crippen LogP contribution in [0.25, 0.3) is 0 Å². The third-order valence-electron chi connectivity index (χ3n) is 4.02. The Labute approximate surface area is 112 Å². The molecule has 1 rings (SSSR count). The fourth-order valence-corrected chi connectivity index (χ4v) is 2.90. The molecular weight excluding hydrogens is 230 g/mol. The monoisotopic (exact) mass is 256 g/mol. The van der Waals surface area contributed by atoms with Crippen LogP contribution in [0.3, 0.4) is 0 Å². The maximum atomic E-state index is 6.62. The molecule has 0 spiro atoms. The van der Waals surface area contributed by atoms with Crippen LogP contribution in [-0.4, -0.2) is 31.2 Å². The minimum absolute atomic E-state index is 0.423. The first-order valence-electron chi connectivity index (χ1n) is 6.69.